The first-order valence-electron chi connectivity index (χ1n) is 9.08. The molecule has 0 atom stereocenters. The summed E-state index contributed by atoms with van der Waals surface area (Å²) in [5.41, 5.74) is 2.78. The number of pyridine rings is 1. The number of benzene rings is 2. The first-order valence-corrected chi connectivity index (χ1v) is 9.46. The van der Waals surface area contributed by atoms with Gasteiger partial charge in [0.2, 0.25) is 0 Å². The van der Waals surface area contributed by atoms with Crippen molar-refractivity contribution in [1.29, 1.82) is 0 Å². The van der Waals surface area contributed by atoms with Crippen LogP contribution in [-0.4, -0.2) is 11.6 Å². The minimum absolute atomic E-state index is 0.233. The number of nitrogens with one attached hydrogen (secondary N) is 1. The molecule has 3 rings (SSSR count). The number of nitrogens with zero attached hydrogens (tertiary/aromatic N) is 1. The minimum Gasteiger partial charge on any atom is -0.490 e. The lowest BCUT2D eigenvalue weighted by atomic mass is 10.2. The van der Waals surface area contributed by atoms with Crippen molar-refractivity contribution in [1.82, 2.24) is 10.3 Å². The SMILES string of the molecule is CCOc1cc(CNCc2ccccn2)ccc1OCc1ccc(F)cc1Cl. The van der Waals surface area contributed by atoms with Crippen molar-refractivity contribution in [3.05, 3.63) is 88.5 Å². The summed E-state index contributed by atoms with van der Waals surface area (Å²) in [4.78, 5) is 4.30. The van der Waals surface area contributed by atoms with E-state index < -0.39 is 0 Å². The Kier molecular flexibility index (Phi) is 7.23. The molecule has 0 saturated carbocycles. The topological polar surface area (TPSA) is 43.4 Å². The number of aromatic nitrogens is 1. The zero-order chi connectivity index (χ0) is 19.8. The van der Waals surface area contributed by atoms with Crippen LogP contribution in [0.25, 0.3) is 0 Å². The molecule has 0 aliphatic rings. The highest BCUT2D eigenvalue weighted by Crippen LogP contribution is 2.30. The van der Waals surface area contributed by atoms with Crippen LogP contribution in [-0.2, 0) is 19.7 Å². The summed E-state index contributed by atoms with van der Waals surface area (Å²) in [6.45, 7) is 4.05. The lowest BCUT2D eigenvalue weighted by molar-refractivity contribution is 0.269. The lowest BCUT2D eigenvalue weighted by Crippen LogP contribution is -2.13. The quantitative estimate of drug-likeness (QED) is 0.540. The molecule has 28 heavy (non-hydrogen) atoms. The molecule has 0 unspecified atom stereocenters. The van der Waals surface area contributed by atoms with Gasteiger partial charge >= 0.3 is 0 Å². The molecule has 1 heterocycles. The number of ether oxygens (including phenoxy) is 2. The summed E-state index contributed by atoms with van der Waals surface area (Å²) in [6, 6.07) is 15.9. The molecule has 0 amide bonds. The molecule has 3 aromatic rings. The number of rotatable bonds is 9. The summed E-state index contributed by atoms with van der Waals surface area (Å²) < 4.78 is 24.8. The Bertz CT molecular complexity index is 906. The molecular weight excluding hydrogens is 379 g/mol. The molecule has 0 spiro atoms. The zero-order valence-electron chi connectivity index (χ0n) is 15.6. The summed E-state index contributed by atoms with van der Waals surface area (Å²) in [7, 11) is 0. The van der Waals surface area contributed by atoms with Crippen LogP contribution in [0.1, 0.15) is 23.7 Å². The maximum absolute atomic E-state index is 13.2. The van der Waals surface area contributed by atoms with Gasteiger partial charge in [0, 0.05) is 24.8 Å². The van der Waals surface area contributed by atoms with E-state index in [9.17, 15) is 4.39 Å². The summed E-state index contributed by atoms with van der Waals surface area (Å²) in [6.07, 6.45) is 1.78. The minimum atomic E-state index is -0.369. The van der Waals surface area contributed by atoms with E-state index in [2.05, 4.69) is 10.3 Å². The van der Waals surface area contributed by atoms with Gasteiger partial charge in [-0.15, -0.1) is 0 Å². The standard InChI is InChI=1S/C22H22ClFN2O2/c1-2-27-22-11-16(13-25-14-19-5-3-4-10-26-19)6-9-21(22)28-15-17-7-8-18(24)12-20(17)23/h3-12,25H,2,13-15H2,1H3. The molecule has 1 aromatic heterocycles. The Hall–Kier alpha value is -2.63. The Morgan fingerprint density at radius 2 is 1.89 bits per heavy atom. The fourth-order valence-corrected chi connectivity index (χ4v) is 2.90. The Morgan fingerprint density at radius 3 is 2.64 bits per heavy atom. The lowest BCUT2D eigenvalue weighted by Gasteiger charge is -2.14. The van der Waals surface area contributed by atoms with Crippen LogP contribution in [0.5, 0.6) is 11.5 Å². The van der Waals surface area contributed by atoms with Gasteiger partial charge in [-0.1, -0.05) is 29.8 Å². The number of halogens is 2. The Balaban J connectivity index is 1.63. The van der Waals surface area contributed by atoms with E-state index in [0.29, 0.717) is 41.8 Å². The van der Waals surface area contributed by atoms with Crippen molar-refractivity contribution < 1.29 is 13.9 Å². The first-order chi connectivity index (χ1) is 13.7. The van der Waals surface area contributed by atoms with Crippen LogP contribution in [0, 0.1) is 5.82 Å². The first kappa shape index (κ1) is 20.1. The monoisotopic (exact) mass is 400 g/mol. The predicted octanol–water partition coefficient (Wildman–Crippen LogP) is 5.14. The second kappa shape index (κ2) is 10.1. The zero-order valence-corrected chi connectivity index (χ0v) is 16.4. The van der Waals surface area contributed by atoms with Crippen molar-refractivity contribution in [2.24, 2.45) is 0 Å². The van der Waals surface area contributed by atoms with Crippen molar-refractivity contribution in [2.75, 3.05) is 6.61 Å². The van der Waals surface area contributed by atoms with Gasteiger partial charge in [0.05, 0.1) is 17.3 Å². The van der Waals surface area contributed by atoms with Crippen molar-refractivity contribution in [3.8, 4) is 11.5 Å². The van der Waals surface area contributed by atoms with E-state index >= 15 is 0 Å². The van der Waals surface area contributed by atoms with Crippen molar-refractivity contribution in [3.63, 3.8) is 0 Å². The highest BCUT2D eigenvalue weighted by Gasteiger charge is 2.09. The largest absolute Gasteiger partial charge is 0.490 e. The molecule has 6 heteroatoms. The van der Waals surface area contributed by atoms with Gasteiger partial charge < -0.3 is 14.8 Å². The molecule has 0 saturated heterocycles. The van der Waals surface area contributed by atoms with E-state index in [-0.39, 0.29) is 12.4 Å². The highest BCUT2D eigenvalue weighted by molar-refractivity contribution is 6.31. The Labute approximate surface area is 169 Å². The number of hydrogen-bond acceptors (Lipinski definition) is 4. The van der Waals surface area contributed by atoms with E-state index in [1.807, 2.05) is 43.3 Å². The van der Waals surface area contributed by atoms with Crippen molar-refractivity contribution in [2.45, 2.75) is 26.6 Å². The summed E-state index contributed by atoms with van der Waals surface area (Å²) in [5, 5.41) is 3.71. The van der Waals surface area contributed by atoms with Gasteiger partial charge in [-0.25, -0.2) is 4.39 Å². The molecule has 0 aliphatic carbocycles. The van der Waals surface area contributed by atoms with E-state index in [0.717, 1.165) is 11.3 Å². The molecule has 0 radical (unpaired) electrons. The molecule has 0 bridgehead atoms. The number of hydrogen-bond donors (Lipinski definition) is 1. The van der Waals surface area contributed by atoms with Crippen LogP contribution >= 0.6 is 11.6 Å². The molecule has 0 fully saturated rings. The third-order valence-electron chi connectivity index (χ3n) is 4.07. The third kappa shape index (κ3) is 5.68. The average Bonchev–Trinajstić information content (AvgIpc) is 2.69. The molecule has 2 aromatic carbocycles. The van der Waals surface area contributed by atoms with Crippen LogP contribution in [0.2, 0.25) is 5.02 Å². The summed E-state index contributed by atoms with van der Waals surface area (Å²) >= 11 is 6.07. The smallest absolute Gasteiger partial charge is 0.161 e. The second-order valence-corrected chi connectivity index (χ2v) is 6.57. The molecule has 4 nitrogen and oxygen atoms in total. The van der Waals surface area contributed by atoms with Crippen LogP contribution in [0.3, 0.4) is 0 Å². The third-order valence-corrected chi connectivity index (χ3v) is 4.42. The maximum Gasteiger partial charge on any atom is 0.161 e. The Morgan fingerprint density at radius 1 is 1.00 bits per heavy atom. The van der Waals surface area contributed by atoms with E-state index in [1.165, 1.54) is 12.1 Å². The molecule has 0 aliphatic heterocycles. The predicted molar refractivity (Wildman–Crippen MR) is 108 cm³/mol. The van der Waals surface area contributed by atoms with Crippen LogP contribution in [0.15, 0.2) is 60.8 Å². The molecular formula is C22H22ClFN2O2. The fraction of sp³-hybridized carbons (Fsp3) is 0.227. The van der Waals surface area contributed by atoms with Crippen LogP contribution < -0.4 is 14.8 Å². The van der Waals surface area contributed by atoms with Gasteiger partial charge in [0.1, 0.15) is 12.4 Å². The van der Waals surface area contributed by atoms with Gasteiger partial charge in [-0.05, 0) is 48.9 Å². The fourth-order valence-electron chi connectivity index (χ4n) is 2.68. The normalized spacial score (nSPS) is 10.7. The highest BCUT2D eigenvalue weighted by atomic mass is 35.5. The van der Waals surface area contributed by atoms with Crippen LogP contribution in [0.4, 0.5) is 4.39 Å². The van der Waals surface area contributed by atoms with Gasteiger partial charge in [-0.3, -0.25) is 4.98 Å². The average molecular weight is 401 g/mol. The molecule has 1 N–H and O–H groups in total. The second-order valence-electron chi connectivity index (χ2n) is 6.16. The van der Waals surface area contributed by atoms with E-state index in [1.54, 1.807) is 12.3 Å². The molecule has 146 valence electrons. The van der Waals surface area contributed by atoms with Gasteiger partial charge in [0.15, 0.2) is 11.5 Å². The van der Waals surface area contributed by atoms with Crippen molar-refractivity contribution >= 4 is 11.6 Å². The van der Waals surface area contributed by atoms with Gasteiger partial charge in [-0.2, -0.15) is 0 Å². The maximum atomic E-state index is 13.2. The van der Waals surface area contributed by atoms with Gasteiger partial charge in [0.25, 0.3) is 0 Å². The van der Waals surface area contributed by atoms with E-state index in [4.69, 9.17) is 21.1 Å². The summed E-state index contributed by atoms with van der Waals surface area (Å²) in [5.74, 6) is 0.917.